The van der Waals surface area contributed by atoms with E-state index in [0.717, 1.165) is 11.3 Å². The van der Waals surface area contributed by atoms with Gasteiger partial charge < -0.3 is 25.6 Å². The van der Waals surface area contributed by atoms with Crippen LogP contribution in [0, 0.1) is 0 Å². The minimum atomic E-state index is -1.18. The maximum atomic E-state index is 12.5. The number of rotatable bonds is 6. The SMILES string of the molecule is O=C(NC[C@H]1OC[C@H](Nc2cnccn2)[C@@H](O)[C@H]1O)c1ccc(-c2ccccc2)nc1. The first kappa shape index (κ1) is 20.9. The number of aliphatic hydroxyl groups is 2. The molecule has 0 unspecified atom stereocenters. The van der Waals surface area contributed by atoms with Gasteiger partial charge in [0.25, 0.3) is 5.91 Å². The zero-order valence-corrected chi connectivity index (χ0v) is 16.6. The van der Waals surface area contributed by atoms with E-state index in [4.69, 9.17) is 4.74 Å². The monoisotopic (exact) mass is 421 g/mol. The third-order valence-corrected chi connectivity index (χ3v) is 5.09. The van der Waals surface area contributed by atoms with Gasteiger partial charge in [0.05, 0.1) is 30.1 Å². The van der Waals surface area contributed by atoms with Gasteiger partial charge >= 0.3 is 0 Å². The van der Waals surface area contributed by atoms with E-state index in [1.54, 1.807) is 12.1 Å². The first-order chi connectivity index (χ1) is 15.1. The lowest BCUT2D eigenvalue weighted by atomic mass is 9.98. The van der Waals surface area contributed by atoms with Crippen molar-refractivity contribution < 1.29 is 19.7 Å². The van der Waals surface area contributed by atoms with Crippen molar-refractivity contribution in [3.8, 4) is 11.3 Å². The fraction of sp³-hybridized carbons (Fsp3) is 0.273. The second-order valence-electron chi connectivity index (χ2n) is 7.20. The number of hydrogen-bond donors (Lipinski definition) is 4. The number of ether oxygens (including phenoxy) is 1. The van der Waals surface area contributed by atoms with Crippen molar-refractivity contribution in [2.75, 3.05) is 18.5 Å². The number of carbonyl (C=O) groups is 1. The number of hydrogen-bond acceptors (Lipinski definition) is 8. The topological polar surface area (TPSA) is 129 Å². The van der Waals surface area contributed by atoms with Crippen LogP contribution >= 0.6 is 0 Å². The number of nitrogens with zero attached hydrogens (tertiary/aromatic N) is 3. The van der Waals surface area contributed by atoms with Crippen molar-refractivity contribution in [3.05, 3.63) is 72.8 Å². The number of aliphatic hydroxyl groups excluding tert-OH is 2. The highest BCUT2D eigenvalue weighted by Gasteiger charge is 2.38. The molecule has 0 saturated carbocycles. The highest BCUT2D eigenvalue weighted by molar-refractivity contribution is 5.94. The Labute approximate surface area is 179 Å². The molecule has 0 aliphatic carbocycles. The minimum Gasteiger partial charge on any atom is -0.388 e. The fourth-order valence-corrected chi connectivity index (χ4v) is 3.36. The standard InChI is InChI=1S/C22H23N5O4/c28-20-17(27-19-12-23-8-9-24-19)13-31-18(21(20)29)11-26-22(30)15-6-7-16(25-10-15)14-4-2-1-3-5-14/h1-10,12,17-18,20-21,28-29H,11,13H2,(H,24,27)(H,26,30)/t17-,18+,20+,21-/m0/s1. The molecule has 1 aliphatic heterocycles. The van der Waals surface area contributed by atoms with Crippen LogP contribution in [-0.4, -0.2) is 68.6 Å². The molecule has 4 rings (SSSR count). The molecule has 9 heteroatoms. The zero-order chi connectivity index (χ0) is 21.6. The summed E-state index contributed by atoms with van der Waals surface area (Å²) >= 11 is 0. The number of pyridine rings is 1. The zero-order valence-electron chi connectivity index (χ0n) is 16.6. The molecule has 2 aromatic heterocycles. The number of carbonyl (C=O) groups excluding carboxylic acids is 1. The molecule has 1 fully saturated rings. The molecule has 1 saturated heterocycles. The summed E-state index contributed by atoms with van der Waals surface area (Å²) in [5.74, 6) is 0.137. The molecule has 1 aliphatic rings. The van der Waals surface area contributed by atoms with E-state index in [-0.39, 0.29) is 19.1 Å². The average molecular weight is 421 g/mol. The smallest absolute Gasteiger partial charge is 0.252 e. The second-order valence-corrected chi connectivity index (χ2v) is 7.20. The molecule has 1 amide bonds. The largest absolute Gasteiger partial charge is 0.388 e. The molecule has 0 spiro atoms. The summed E-state index contributed by atoms with van der Waals surface area (Å²) in [6, 6.07) is 12.6. The van der Waals surface area contributed by atoms with Gasteiger partial charge in [-0.25, -0.2) is 4.98 Å². The molecular weight excluding hydrogens is 398 g/mol. The van der Waals surface area contributed by atoms with Gasteiger partial charge in [-0.1, -0.05) is 30.3 Å². The molecular formula is C22H23N5O4. The Morgan fingerprint density at radius 1 is 1.03 bits per heavy atom. The molecule has 3 heterocycles. The van der Waals surface area contributed by atoms with Crippen molar-refractivity contribution in [3.63, 3.8) is 0 Å². The summed E-state index contributed by atoms with van der Waals surface area (Å²) in [5, 5.41) is 26.6. The van der Waals surface area contributed by atoms with Crippen LogP contribution in [0.2, 0.25) is 0 Å². The molecule has 0 radical (unpaired) electrons. The number of aromatic nitrogens is 3. The number of amides is 1. The highest BCUT2D eigenvalue weighted by atomic mass is 16.5. The first-order valence-electron chi connectivity index (χ1n) is 9.92. The lowest BCUT2D eigenvalue weighted by molar-refractivity contribution is -0.137. The van der Waals surface area contributed by atoms with E-state index in [2.05, 4.69) is 25.6 Å². The molecule has 160 valence electrons. The van der Waals surface area contributed by atoms with Gasteiger partial charge in [0, 0.05) is 30.7 Å². The maximum Gasteiger partial charge on any atom is 0.252 e. The molecule has 3 aromatic rings. The van der Waals surface area contributed by atoms with Gasteiger partial charge in [0.15, 0.2) is 0 Å². The van der Waals surface area contributed by atoms with Gasteiger partial charge in [0.1, 0.15) is 24.1 Å². The molecule has 4 N–H and O–H groups in total. The Kier molecular flexibility index (Phi) is 6.46. The third kappa shape index (κ3) is 5.02. The van der Waals surface area contributed by atoms with E-state index >= 15 is 0 Å². The average Bonchev–Trinajstić information content (AvgIpc) is 2.83. The van der Waals surface area contributed by atoms with Gasteiger partial charge in [0.2, 0.25) is 0 Å². The van der Waals surface area contributed by atoms with Crippen molar-refractivity contribution in [2.24, 2.45) is 0 Å². The summed E-state index contributed by atoms with van der Waals surface area (Å²) in [6.45, 7) is 0.192. The normalized spacial score (nSPS) is 23.2. The Morgan fingerprint density at radius 3 is 2.58 bits per heavy atom. The van der Waals surface area contributed by atoms with E-state index in [1.165, 1.54) is 24.8 Å². The second kappa shape index (κ2) is 9.61. The lowest BCUT2D eigenvalue weighted by Gasteiger charge is -2.38. The Bertz CT molecular complexity index is 988. The van der Waals surface area contributed by atoms with E-state index < -0.39 is 24.4 Å². The van der Waals surface area contributed by atoms with E-state index in [0.29, 0.717) is 11.4 Å². The molecule has 31 heavy (non-hydrogen) atoms. The van der Waals surface area contributed by atoms with E-state index in [1.807, 2.05) is 30.3 Å². The third-order valence-electron chi connectivity index (χ3n) is 5.09. The van der Waals surface area contributed by atoms with Crippen molar-refractivity contribution >= 4 is 11.7 Å². The Balaban J connectivity index is 1.30. The summed E-state index contributed by atoms with van der Waals surface area (Å²) in [6.07, 6.45) is 3.07. The summed E-state index contributed by atoms with van der Waals surface area (Å²) in [7, 11) is 0. The summed E-state index contributed by atoms with van der Waals surface area (Å²) in [4.78, 5) is 24.8. The van der Waals surface area contributed by atoms with Crippen LogP contribution in [0.15, 0.2) is 67.3 Å². The van der Waals surface area contributed by atoms with E-state index in [9.17, 15) is 15.0 Å². The van der Waals surface area contributed by atoms with Crippen molar-refractivity contribution in [1.29, 1.82) is 0 Å². The van der Waals surface area contributed by atoms with Crippen LogP contribution in [0.3, 0.4) is 0 Å². The predicted molar refractivity (Wildman–Crippen MR) is 113 cm³/mol. The van der Waals surface area contributed by atoms with Crippen LogP contribution in [0.25, 0.3) is 11.3 Å². The maximum absolute atomic E-state index is 12.5. The minimum absolute atomic E-state index is 0.0510. The van der Waals surface area contributed by atoms with Crippen molar-refractivity contribution in [1.82, 2.24) is 20.3 Å². The molecule has 1 aromatic carbocycles. The van der Waals surface area contributed by atoms with Crippen LogP contribution < -0.4 is 10.6 Å². The van der Waals surface area contributed by atoms with Crippen molar-refractivity contribution in [2.45, 2.75) is 24.4 Å². The van der Waals surface area contributed by atoms with Gasteiger partial charge in [-0.2, -0.15) is 0 Å². The van der Waals surface area contributed by atoms with Crippen LogP contribution in [0.1, 0.15) is 10.4 Å². The summed E-state index contributed by atoms with van der Waals surface area (Å²) in [5.41, 5.74) is 2.13. The van der Waals surface area contributed by atoms with Crippen LogP contribution in [0.5, 0.6) is 0 Å². The molecule has 9 nitrogen and oxygen atoms in total. The quantitative estimate of drug-likeness (QED) is 0.461. The van der Waals surface area contributed by atoms with Gasteiger partial charge in [-0.3, -0.25) is 14.8 Å². The van der Waals surface area contributed by atoms with Gasteiger partial charge in [-0.05, 0) is 12.1 Å². The molecule has 0 bridgehead atoms. The number of benzene rings is 1. The Hall–Kier alpha value is -3.40. The number of nitrogens with one attached hydrogen (secondary N) is 2. The predicted octanol–water partition coefficient (Wildman–Crippen LogP) is 0.870. The van der Waals surface area contributed by atoms with Crippen LogP contribution in [-0.2, 0) is 4.74 Å². The fourth-order valence-electron chi connectivity index (χ4n) is 3.36. The Morgan fingerprint density at radius 2 is 1.87 bits per heavy atom. The van der Waals surface area contributed by atoms with Crippen LogP contribution in [0.4, 0.5) is 5.82 Å². The number of anilines is 1. The highest BCUT2D eigenvalue weighted by Crippen LogP contribution is 2.19. The lowest BCUT2D eigenvalue weighted by Crippen LogP contribution is -2.58. The molecule has 4 atom stereocenters. The summed E-state index contributed by atoms with van der Waals surface area (Å²) < 4.78 is 5.66. The van der Waals surface area contributed by atoms with Gasteiger partial charge in [-0.15, -0.1) is 0 Å². The first-order valence-corrected chi connectivity index (χ1v) is 9.92.